The minimum absolute atomic E-state index is 0.328. The van der Waals surface area contributed by atoms with Gasteiger partial charge in [0.1, 0.15) is 5.75 Å². The van der Waals surface area contributed by atoms with Crippen LogP contribution >= 0.6 is 11.6 Å². The number of ether oxygens (including phenoxy) is 3. The van der Waals surface area contributed by atoms with E-state index in [9.17, 15) is 4.79 Å². The van der Waals surface area contributed by atoms with Gasteiger partial charge in [-0.15, -0.1) is 0 Å². The quantitative estimate of drug-likeness (QED) is 0.465. The van der Waals surface area contributed by atoms with Gasteiger partial charge in [-0.05, 0) is 42.8 Å². The summed E-state index contributed by atoms with van der Waals surface area (Å²) in [6.45, 7) is 6.16. The van der Waals surface area contributed by atoms with Gasteiger partial charge in [0.15, 0.2) is 11.5 Å². The molecule has 0 unspecified atom stereocenters. The van der Waals surface area contributed by atoms with E-state index in [2.05, 4.69) is 18.8 Å². The molecule has 0 aliphatic carbocycles. The van der Waals surface area contributed by atoms with Gasteiger partial charge in [-0.25, -0.2) is 0 Å². The van der Waals surface area contributed by atoms with Gasteiger partial charge in [0.05, 0.1) is 32.1 Å². The predicted molar refractivity (Wildman–Crippen MR) is 109 cm³/mol. The van der Waals surface area contributed by atoms with Crippen LogP contribution < -0.4 is 19.5 Å². The Labute approximate surface area is 164 Å². The van der Waals surface area contributed by atoms with Gasteiger partial charge in [-0.1, -0.05) is 31.5 Å². The average molecular weight is 390 g/mol. The molecule has 0 aliphatic rings. The van der Waals surface area contributed by atoms with Crippen LogP contribution in [0.15, 0.2) is 43.0 Å². The molecule has 0 radical (unpaired) electrons. The number of nitrogens with one attached hydrogen (secondary N) is 1. The molecule has 0 heterocycles. The van der Waals surface area contributed by atoms with E-state index < -0.39 is 0 Å². The summed E-state index contributed by atoms with van der Waals surface area (Å²) in [5.74, 6) is 1.31. The number of rotatable bonds is 9. The fourth-order valence-electron chi connectivity index (χ4n) is 2.63. The first-order valence-electron chi connectivity index (χ1n) is 8.66. The van der Waals surface area contributed by atoms with Crippen molar-refractivity contribution in [2.24, 2.45) is 0 Å². The first kappa shape index (κ1) is 20.6. The largest absolute Gasteiger partial charge is 0.493 e. The fourth-order valence-corrected chi connectivity index (χ4v) is 2.79. The lowest BCUT2D eigenvalue weighted by molar-refractivity contribution is -0.111. The molecule has 0 saturated carbocycles. The number of benzene rings is 2. The van der Waals surface area contributed by atoms with Crippen molar-refractivity contribution in [2.45, 2.75) is 19.8 Å². The second kappa shape index (κ2) is 9.88. The first-order chi connectivity index (χ1) is 13.0. The van der Waals surface area contributed by atoms with E-state index in [1.807, 2.05) is 6.07 Å². The topological polar surface area (TPSA) is 56.8 Å². The smallest absolute Gasteiger partial charge is 0.247 e. The summed E-state index contributed by atoms with van der Waals surface area (Å²) in [6.07, 6.45) is 3.14. The maximum Gasteiger partial charge on any atom is 0.247 e. The average Bonchev–Trinajstić information content (AvgIpc) is 2.68. The summed E-state index contributed by atoms with van der Waals surface area (Å²) in [6, 6.07) is 8.84. The summed E-state index contributed by atoms with van der Waals surface area (Å²) < 4.78 is 17.0. The number of hydrogen-bond donors (Lipinski definition) is 1. The molecule has 0 saturated heterocycles. The Morgan fingerprint density at radius 1 is 1.19 bits per heavy atom. The molecule has 0 aliphatic heterocycles. The zero-order chi connectivity index (χ0) is 19.8. The highest BCUT2D eigenvalue weighted by Crippen LogP contribution is 2.47. The van der Waals surface area contributed by atoms with E-state index in [-0.39, 0.29) is 5.91 Å². The molecule has 2 rings (SSSR count). The number of unbranched alkanes of at least 4 members (excludes halogenated alkanes) is 1. The van der Waals surface area contributed by atoms with Crippen molar-refractivity contribution in [3.05, 3.63) is 48.0 Å². The fraction of sp³-hybridized carbons (Fsp3) is 0.286. The lowest BCUT2D eigenvalue weighted by Gasteiger charge is -2.20. The lowest BCUT2D eigenvalue weighted by Crippen LogP contribution is -2.10. The normalized spacial score (nSPS) is 10.2. The van der Waals surface area contributed by atoms with Crippen LogP contribution in [0.5, 0.6) is 17.2 Å². The lowest BCUT2D eigenvalue weighted by atomic mass is 10.00. The van der Waals surface area contributed by atoms with Crippen LogP contribution in [0.25, 0.3) is 11.1 Å². The Morgan fingerprint density at radius 3 is 2.59 bits per heavy atom. The van der Waals surface area contributed by atoms with Gasteiger partial charge in [-0.2, -0.15) is 0 Å². The number of anilines is 1. The second-order valence-corrected chi connectivity index (χ2v) is 6.20. The molecule has 144 valence electrons. The van der Waals surface area contributed by atoms with Crippen LogP contribution in [-0.2, 0) is 4.79 Å². The van der Waals surface area contributed by atoms with Gasteiger partial charge < -0.3 is 19.5 Å². The minimum Gasteiger partial charge on any atom is -0.493 e. The molecule has 6 heteroatoms. The molecule has 0 spiro atoms. The molecule has 0 bridgehead atoms. The van der Waals surface area contributed by atoms with Gasteiger partial charge in [0, 0.05) is 10.6 Å². The predicted octanol–water partition coefficient (Wildman–Crippen LogP) is 5.33. The molecule has 1 amide bonds. The monoisotopic (exact) mass is 389 g/mol. The summed E-state index contributed by atoms with van der Waals surface area (Å²) in [5, 5.41) is 3.37. The molecule has 2 aromatic carbocycles. The number of hydrogen-bond acceptors (Lipinski definition) is 4. The van der Waals surface area contributed by atoms with Gasteiger partial charge in [-0.3, -0.25) is 4.79 Å². The van der Waals surface area contributed by atoms with Crippen molar-refractivity contribution in [1.82, 2.24) is 0 Å². The maximum atomic E-state index is 11.9. The van der Waals surface area contributed by atoms with E-state index in [0.29, 0.717) is 40.1 Å². The molecule has 5 nitrogen and oxygen atoms in total. The van der Waals surface area contributed by atoms with E-state index in [0.717, 1.165) is 18.4 Å². The summed E-state index contributed by atoms with van der Waals surface area (Å²) in [4.78, 5) is 11.9. The van der Waals surface area contributed by atoms with Crippen LogP contribution in [0, 0.1) is 0 Å². The third-order valence-corrected chi connectivity index (χ3v) is 4.19. The maximum absolute atomic E-state index is 11.9. The van der Waals surface area contributed by atoms with Crippen LogP contribution in [-0.4, -0.2) is 26.7 Å². The highest BCUT2D eigenvalue weighted by molar-refractivity contribution is 6.30. The summed E-state index contributed by atoms with van der Waals surface area (Å²) in [7, 11) is 3.11. The first-order valence-corrected chi connectivity index (χ1v) is 9.04. The molecule has 27 heavy (non-hydrogen) atoms. The number of halogens is 1. The Hall–Kier alpha value is -2.66. The van der Waals surface area contributed by atoms with E-state index in [1.165, 1.54) is 6.08 Å². The van der Waals surface area contributed by atoms with Crippen LogP contribution in [0.2, 0.25) is 5.02 Å². The molecular weight excluding hydrogens is 366 g/mol. The van der Waals surface area contributed by atoms with Crippen LogP contribution in [0.4, 0.5) is 5.69 Å². The third kappa shape index (κ3) is 4.95. The number of carbonyl (C=O) groups excluding carboxylic acids is 1. The second-order valence-electron chi connectivity index (χ2n) is 5.76. The van der Waals surface area contributed by atoms with Crippen molar-refractivity contribution < 1.29 is 19.0 Å². The van der Waals surface area contributed by atoms with E-state index >= 15 is 0 Å². The van der Waals surface area contributed by atoms with Gasteiger partial charge >= 0.3 is 0 Å². The Balaban J connectivity index is 2.67. The van der Waals surface area contributed by atoms with E-state index in [4.69, 9.17) is 25.8 Å². The zero-order valence-electron chi connectivity index (χ0n) is 15.8. The molecule has 2 aromatic rings. The van der Waals surface area contributed by atoms with Crippen molar-refractivity contribution >= 4 is 23.2 Å². The zero-order valence-corrected chi connectivity index (χ0v) is 16.6. The van der Waals surface area contributed by atoms with E-state index in [1.54, 1.807) is 38.5 Å². The minimum atomic E-state index is -0.328. The van der Waals surface area contributed by atoms with Crippen LogP contribution in [0.1, 0.15) is 19.8 Å². The SMILES string of the molecule is C=CC(=O)Nc1ccc(OC)c(OC)c1-c1ccc(Cl)cc1OCCCC. The number of methoxy groups -OCH3 is 2. The van der Waals surface area contributed by atoms with Crippen molar-refractivity contribution in [2.75, 3.05) is 26.1 Å². The molecular formula is C21H24ClNO4. The van der Waals surface area contributed by atoms with Gasteiger partial charge in [0.2, 0.25) is 5.91 Å². The number of amides is 1. The molecule has 0 aromatic heterocycles. The third-order valence-electron chi connectivity index (χ3n) is 3.96. The van der Waals surface area contributed by atoms with Crippen molar-refractivity contribution in [3.63, 3.8) is 0 Å². The molecule has 0 atom stereocenters. The molecule has 0 fully saturated rings. The summed E-state index contributed by atoms with van der Waals surface area (Å²) >= 11 is 6.18. The highest BCUT2D eigenvalue weighted by atomic mass is 35.5. The van der Waals surface area contributed by atoms with Crippen molar-refractivity contribution in [3.8, 4) is 28.4 Å². The Kier molecular flexibility index (Phi) is 7.55. The number of carbonyl (C=O) groups is 1. The van der Waals surface area contributed by atoms with Crippen molar-refractivity contribution in [1.29, 1.82) is 0 Å². The highest BCUT2D eigenvalue weighted by Gasteiger charge is 2.21. The van der Waals surface area contributed by atoms with Crippen LogP contribution in [0.3, 0.4) is 0 Å². The summed E-state index contributed by atoms with van der Waals surface area (Å²) in [5.41, 5.74) is 1.95. The standard InChI is InChI=1S/C21H24ClNO4/c1-5-7-12-27-18-13-14(22)8-9-15(18)20-16(23-19(24)6-2)10-11-17(25-3)21(20)26-4/h6,8-11,13H,2,5,7,12H2,1,3-4H3,(H,23,24). The Bertz CT molecular complexity index is 820. The molecule has 1 N–H and O–H groups in total. The van der Waals surface area contributed by atoms with Gasteiger partial charge in [0.25, 0.3) is 0 Å². The Morgan fingerprint density at radius 2 is 1.96 bits per heavy atom.